The first kappa shape index (κ1) is 16.5. The summed E-state index contributed by atoms with van der Waals surface area (Å²) in [6.45, 7) is 4.42. The average molecular weight is 367 g/mol. The number of urea groups is 1. The number of rotatable bonds is 5. The molecule has 8 nitrogen and oxygen atoms in total. The highest BCUT2D eigenvalue weighted by atomic mass is 16.2. The van der Waals surface area contributed by atoms with Crippen molar-refractivity contribution in [1.82, 2.24) is 34.8 Å². The Kier molecular flexibility index (Phi) is 3.98. The van der Waals surface area contributed by atoms with Gasteiger partial charge in [0.15, 0.2) is 11.3 Å². The summed E-state index contributed by atoms with van der Waals surface area (Å²) >= 11 is 0. The highest BCUT2D eigenvalue weighted by Crippen LogP contribution is 2.35. The molecule has 5 rings (SSSR count). The molecule has 0 aromatic carbocycles. The van der Waals surface area contributed by atoms with Gasteiger partial charge in [0.05, 0.1) is 11.7 Å². The molecule has 3 aromatic heterocycles. The van der Waals surface area contributed by atoms with Crippen LogP contribution in [0.2, 0.25) is 0 Å². The summed E-state index contributed by atoms with van der Waals surface area (Å²) in [5.74, 6) is 2.32. The summed E-state index contributed by atoms with van der Waals surface area (Å²) in [5, 5.41) is 11.9. The number of hydrogen-bond acceptors (Lipinski definition) is 4. The van der Waals surface area contributed by atoms with E-state index in [1.165, 1.54) is 12.8 Å². The molecule has 0 bridgehead atoms. The van der Waals surface area contributed by atoms with Crippen LogP contribution in [0.1, 0.15) is 44.3 Å². The molecular formula is C19H25N7O. The Hall–Kier alpha value is -2.64. The Bertz CT molecular complexity index is 973. The van der Waals surface area contributed by atoms with Gasteiger partial charge in [0.25, 0.3) is 0 Å². The first-order valence-corrected chi connectivity index (χ1v) is 9.94. The summed E-state index contributed by atoms with van der Waals surface area (Å²) in [6, 6.07) is 2.05. The SMILES string of the molecule is CC[C@H]1CN(C(=O)NCCC2CC2)C[C@H]1c1nnc2cnc3[nH]ccc3n12. The van der Waals surface area contributed by atoms with Crippen LogP contribution < -0.4 is 5.32 Å². The predicted molar refractivity (Wildman–Crippen MR) is 101 cm³/mol. The standard InChI is InChI=1S/C19H25N7O/c1-2-13-10-25(19(27)21-7-5-12-3-4-12)11-14(13)18-24-23-16-9-22-17-15(26(16)18)6-8-20-17/h6,8-9,12-14,20H,2-5,7,10-11H2,1H3,(H,21,27)/t13-,14+/m0/s1. The van der Waals surface area contributed by atoms with E-state index < -0.39 is 0 Å². The predicted octanol–water partition coefficient (Wildman–Crippen LogP) is 2.54. The van der Waals surface area contributed by atoms with E-state index in [0.717, 1.165) is 54.5 Å². The normalized spacial score (nSPS) is 22.8. The van der Waals surface area contributed by atoms with Crippen LogP contribution in [0.4, 0.5) is 4.79 Å². The highest BCUT2D eigenvalue weighted by molar-refractivity contribution is 5.75. The van der Waals surface area contributed by atoms with E-state index >= 15 is 0 Å². The maximum absolute atomic E-state index is 12.6. The monoisotopic (exact) mass is 367 g/mol. The number of fused-ring (bicyclic) bond motifs is 3. The van der Waals surface area contributed by atoms with Crippen LogP contribution in [0.15, 0.2) is 18.5 Å². The van der Waals surface area contributed by atoms with Crippen molar-refractivity contribution in [2.45, 2.75) is 38.5 Å². The van der Waals surface area contributed by atoms with Gasteiger partial charge in [-0.2, -0.15) is 0 Å². The van der Waals surface area contributed by atoms with Crippen molar-refractivity contribution in [1.29, 1.82) is 0 Å². The zero-order valence-corrected chi connectivity index (χ0v) is 15.6. The molecule has 2 fully saturated rings. The Morgan fingerprint density at radius 3 is 3.04 bits per heavy atom. The second-order valence-corrected chi connectivity index (χ2v) is 7.87. The largest absolute Gasteiger partial charge is 0.345 e. The van der Waals surface area contributed by atoms with E-state index in [9.17, 15) is 4.79 Å². The Balaban J connectivity index is 1.39. The summed E-state index contributed by atoms with van der Waals surface area (Å²) in [5.41, 5.74) is 2.55. The topological polar surface area (TPSA) is 91.2 Å². The Morgan fingerprint density at radius 1 is 1.33 bits per heavy atom. The second kappa shape index (κ2) is 6.51. The number of aromatic amines is 1. The van der Waals surface area contributed by atoms with Gasteiger partial charge in [-0.3, -0.25) is 4.40 Å². The fraction of sp³-hybridized carbons (Fsp3) is 0.579. The van der Waals surface area contributed by atoms with Gasteiger partial charge in [-0.1, -0.05) is 26.2 Å². The minimum Gasteiger partial charge on any atom is -0.345 e. The van der Waals surface area contributed by atoms with Crippen LogP contribution in [0, 0.1) is 11.8 Å². The first-order chi connectivity index (χ1) is 13.2. The molecule has 27 heavy (non-hydrogen) atoms. The van der Waals surface area contributed by atoms with Crippen LogP contribution in [-0.4, -0.2) is 55.1 Å². The molecule has 2 N–H and O–H groups in total. The summed E-state index contributed by atoms with van der Waals surface area (Å²) in [4.78, 5) is 22.1. The zero-order valence-electron chi connectivity index (χ0n) is 15.6. The summed E-state index contributed by atoms with van der Waals surface area (Å²) < 4.78 is 2.08. The zero-order chi connectivity index (χ0) is 18.4. The van der Waals surface area contributed by atoms with Gasteiger partial charge in [0.2, 0.25) is 0 Å². The number of hydrogen-bond donors (Lipinski definition) is 2. The molecule has 2 atom stereocenters. The van der Waals surface area contributed by atoms with E-state index in [4.69, 9.17) is 0 Å². The van der Waals surface area contributed by atoms with E-state index in [-0.39, 0.29) is 11.9 Å². The molecule has 1 saturated heterocycles. The number of carbonyl (C=O) groups excluding carboxylic acids is 1. The molecule has 0 radical (unpaired) electrons. The molecular weight excluding hydrogens is 342 g/mol. The van der Waals surface area contributed by atoms with Crippen molar-refractivity contribution in [3.05, 3.63) is 24.3 Å². The minimum absolute atomic E-state index is 0.0545. The number of carbonyl (C=O) groups is 1. The number of nitrogens with one attached hydrogen (secondary N) is 2. The molecule has 3 aromatic rings. The fourth-order valence-corrected chi connectivity index (χ4v) is 4.28. The number of nitrogens with zero attached hydrogens (tertiary/aromatic N) is 5. The third-order valence-corrected chi connectivity index (χ3v) is 6.08. The number of likely N-dealkylation sites (tertiary alicyclic amines) is 1. The highest BCUT2D eigenvalue weighted by Gasteiger charge is 2.38. The van der Waals surface area contributed by atoms with Crippen LogP contribution in [0.25, 0.3) is 16.8 Å². The smallest absolute Gasteiger partial charge is 0.317 e. The molecule has 8 heteroatoms. The molecule has 4 heterocycles. The minimum atomic E-state index is 0.0545. The molecule has 1 aliphatic carbocycles. The van der Waals surface area contributed by atoms with Crippen LogP contribution >= 0.6 is 0 Å². The molecule has 0 unspecified atom stereocenters. The third-order valence-electron chi connectivity index (χ3n) is 6.08. The van der Waals surface area contributed by atoms with Crippen molar-refractivity contribution in [3.8, 4) is 0 Å². The van der Waals surface area contributed by atoms with Crippen molar-refractivity contribution < 1.29 is 4.79 Å². The molecule has 2 amide bonds. The van der Waals surface area contributed by atoms with E-state index in [1.807, 2.05) is 17.2 Å². The lowest BCUT2D eigenvalue weighted by Crippen LogP contribution is -2.39. The summed E-state index contributed by atoms with van der Waals surface area (Å²) in [7, 11) is 0. The van der Waals surface area contributed by atoms with E-state index in [2.05, 4.69) is 36.8 Å². The molecule has 1 saturated carbocycles. The van der Waals surface area contributed by atoms with Gasteiger partial charge < -0.3 is 15.2 Å². The van der Waals surface area contributed by atoms with Crippen molar-refractivity contribution in [2.24, 2.45) is 11.8 Å². The molecule has 2 aliphatic rings. The average Bonchev–Trinajstić information content (AvgIpc) is 3.10. The maximum atomic E-state index is 12.6. The molecule has 142 valence electrons. The lowest BCUT2D eigenvalue weighted by Gasteiger charge is -2.17. The van der Waals surface area contributed by atoms with E-state index in [0.29, 0.717) is 12.5 Å². The van der Waals surface area contributed by atoms with Crippen molar-refractivity contribution >= 4 is 22.8 Å². The van der Waals surface area contributed by atoms with E-state index in [1.54, 1.807) is 6.20 Å². The maximum Gasteiger partial charge on any atom is 0.317 e. The van der Waals surface area contributed by atoms with Crippen molar-refractivity contribution in [2.75, 3.05) is 19.6 Å². The summed E-state index contributed by atoms with van der Waals surface area (Å²) in [6.07, 6.45) is 8.38. The Morgan fingerprint density at radius 2 is 2.22 bits per heavy atom. The second-order valence-electron chi connectivity index (χ2n) is 7.87. The first-order valence-electron chi connectivity index (χ1n) is 9.94. The van der Waals surface area contributed by atoms with Crippen LogP contribution in [-0.2, 0) is 0 Å². The van der Waals surface area contributed by atoms with Gasteiger partial charge in [0.1, 0.15) is 5.82 Å². The van der Waals surface area contributed by atoms with Gasteiger partial charge in [-0.25, -0.2) is 9.78 Å². The fourth-order valence-electron chi connectivity index (χ4n) is 4.28. The lowest BCUT2D eigenvalue weighted by atomic mass is 9.93. The van der Waals surface area contributed by atoms with Gasteiger partial charge in [0, 0.05) is 31.7 Å². The molecule has 1 aliphatic heterocycles. The van der Waals surface area contributed by atoms with Gasteiger partial charge in [-0.15, -0.1) is 10.2 Å². The number of H-pyrrole nitrogens is 1. The number of aromatic nitrogens is 5. The van der Waals surface area contributed by atoms with Gasteiger partial charge >= 0.3 is 6.03 Å². The quantitative estimate of drug-likeness (QED) is 0.725. The van der Waals surface area contributed by atoms with Crippen LogP contribution in [0.3, 0.4) is 0 Å². The van der Waals surface area contributed by atoms with Gasteiger partial charge in [-0.05, 0) is 24.3 Å². The Labute approximate surface area is 157 Å². The number of amides is 2. The van der Waals surface area contributed by atoms with Crippen LogP contribution in [0.5, 0.6) is 0 Å². The molecule has 0 spiro atoms. The third kappa shape index (κ3) is 2.93. The lowest BCUT2D eigenvalue weighted by molar-refractivity contribution is 0.206. The van der Waals surface area contributed by atoms with Crippen molar-refractivity contribution in [3.63, 3.8) is 0 Å².